The van der Waals surface area contributed by atoms with Crippen molar-refractivity contribution in [3.05, 3.63) is 11.0 Å². The van der Waals surface area contributed by atoms with Gasteiger partial charge in [-0.3, -0.25) is 0 Å². The molecule has 3 nitrogen and oxygen atoms in total. The topological polar surface area (TPSA) is 54.4 Å². The lowest BCUT2D eigenvalue weighted by molar-refractivity contribution is 0.249. The van der Waals surface area contributed by atoms with E-state index in [-0.39, 0.29) is 5.75 Å². The summed E-state index contributed by atoms with van der Waals surface area (Å²) >= 11 is 0. The van der Waals surface area contributed by atoms with Gasteiger partial charge in [-0.15, -0.1) is 0 Å². The van der Waals surface area contributed by atoms with Crippen molar-refractivity contribution in [3.8, 4) is 0 Å². The van der Waals surface area contributed by atoms with E-state index in [2.05, 4.69) is 6.92 Å². The molecule has 1 rings (SSSR count). The Bertz CT molecular complexity index is 290. The highest BCUT2D eigenvalue weighted by molar-refractivity contribution is 7.95. The first-order valence-electron chi connectivity index (χ1n) is 4.68. The van der Waals surface area contributed by atoms with Gasteiger partial charge in [0.2, 0.25) is 0 Å². The first-order chi connectivity index (χ1) is 6.06. The predicted molar refractivity (Wildman–Crippen MR) is 52.0 cm³/mol. The first kappa shape index (κ1) is 10.7. The molecule has 0 aliphatic carbocycles. The van der Waals surface area contributed by atoms with Crippen LogP contribution in [0.25, 0.3) is 0 Å². The zero-order chi connectivity index (χ0) is 9.90. The van der Waals surface area contributed by atoms with E-state index in [1.807, 2.05) is 0 Å². The van der Waals surface area contributed by atoms with Crippen molar-refractivity contribution >= 4 is 9.84 Å². The summed E-state index contributed by atoms with van der Waals surface area (Å²) in [5, 5.41) is 9.14. The molecule has 13 heavy (non-hydrogen) atoms. The molecule has 1 aliphatic heterocycles. The Morgan fingerprint density at radius 2 is 2.23 bits per heavy atom. The third kappa shape index (κ3) is 2.81. The Hall–Kier alpha value is -0.350. The van der Waals surface area contributed by atoms with Crippen molar-refractivity contribution < 1.29 is 13.5 Å². The molecule has 0 aromatic carbocycles. The SMILES string of the molecule is CCCCCC1=CC(O)CS1(=O)=O. The molecule has 1 N–H and O–H groups in total. The molecule has 1 unspecified atom stereocenters. The molecule has 0 amide bonds. The van der Waals surface area contributed by atoms with Gasteiger partial charge in [0.25, 0.3) is 0 Å². The van der Waals surface area contributed by atoms with Crippen molar-refractivity contribution in [2.75, 3.05) is 5.75 Å². The summed E-state index contributed by atoms with van der Waals surface area (Å²) in [6, 6.07) is 0. The molecular weight excluding hydrogens is 188 g/mol. The van der Waals surface area contributed by atoms with Crippen molar-refractivity contribution in [2.45, 2.75) is 38.7 Å². The van der Waals surface area contributed by atoms with Crippen LogP contribution in [0.1, 0.15) is 32.6 Å². The lowest BCUT2D eigenvalue weighted by Gasteiger charge is -2.00. The zero-order valence-corrected chi connectivity index (χ0v) is 8.68. The third-order valence-corrected chi connectivity index (χ3v) is 4.11. The molecule has 0 saturated heterocycles. The highest BCUT2D eigenvalue weighted by atomic mass is 32.2. The summed E-state index contributed by atoms with van der Waals surface area (Å²) in [5.74, 6) is -0.117. The molecule has 0 aromatic heterocycles. The van der Waals surface area contributed by atoms with Gasteiger partial charge in [0.1, 0.15) is 0 Å². The molecule has 4 heteroatoms. The number of aliphatic hydroxyl groups is 1. The van der Waals surface area contributed by atoms with E-state index in [0.29, 0.717) is 11.3 Å². The van der Waals surface area contributed by atoms with Crippen LogP contribution in [0, 0.1) is 0 Å². The number of allylic oxidation sites excluding steroid dienone is 1. The van der Waals surface area contributed by atoms with Gasteiger partial charge in [-0.05, 0) is 18.9 Å². The van der Waals surface area contributed by atoms with Crippen LogP contribution < -0.4 is 0 Å². The van der Waals surface area contributed by atoms with E-state index in [9.17, 15) is 8.42 Å². The maximum atomic E-state index is 11.3. The average molecular weight is 204 g/mol. The smallest absolute Gasteiger partial charge is 0.177 e. The molecule has 1 aliphatic rings. The van der Waals surface area contributed by atoms with Crippen LogP contribution in [-0.4, -0.2) is 25.4 Å². The largest absolute Gasteiger partial charge is 0.388 e. The summed E-state index contributed by atoms with van der Waals surface area (Å²) in [6.45, 7) is 2.08. The summed E-state index contributed by atoms with van der Waals surface area (Å²) in [4.78, 5) is 0.438. The van der Waals surface area contributed by atoms with E-state index < -0.39 is 15.9 Å². The molecule has 0 aromatic rings. The van der Waals surface area contributed by atoms with Gasteiger partial charge in [-0.1, -0.05) is 19.8 Å². The van der Waals surface area contributed by atoms with Gasteiger partial charge in [-0.25, -0.2) is 8.42 Å². The number of hydrogen-bond donors (Lipinski definition) is 1. The summed E-state index contributed by atoms with van der Waals surface area (Å²) < 4.78 is 22.7. The van der Waals surface area contributed by atoms with Crippen molar-refractivity contribution in [2.24, 2.45) is 0 Å². The van der Waals surface area contributed by atoms with Gasteiger partial charge < -0.3 is 5.11 Å². The van der Waals surface area contributed by atoms with Crippen LogP contribution in [0.2, 0.25) is 0 Å². The van der Waals surface area contributed by atoms with E-state index >= 15 is 0 Å². The van der Waals surface area contributed by atoms with E-state index in [1.165, 1.54) is 6.08 Å². The van der Waals surface area contributed by atoms with Crippen molar-refractivity contribution in [1.82, 2.24) is 0 Å². The summed E-state index contributed by atoms with van der Waals surface area (Å²) in [6.07, 6.45) is 4.31. The minimum atomic E-state index is -3.11. The second-order valence-electron chi connectivity index (χ2n) is 3.44. The fourth-order valence-corrected chi connectivity index (χ4v) is 3.07. The highest BCUT2D eigenvalue weighted by Gasteiger charge is 2.27. The number of aliphatic hydroxyl groups excluding tert-OH is 1. The molecular formula is C9H16O3S. The Morgan fingerprint density at radius 1 is 1.54 bits per heavy atom. The van der Waals surface area contributed by atoms with Gasteiger partial charge in [0, 0.05) is 4.91 Å². The lowest BCUT2D eigenvalue weighted by atomic mass is 10.2. The monoisotopic (exact) mass is 204 g/mol. The maximum absolute atomic E-state index is 11.3. The molecule has 1 heterocycles. The number of rotatable bonds is 4. The highest BCUT2D eigenvalue weighted by Crippen LogP contribution is 2.23. The van der Waals surface area contributed by atoms with Crippen molar-refractivity contribution in [1.29, 1.82) is 0 Å². The Kier molecular flexibility index (Phi) is 3.50. The minimum absolute atomic E-state index is 0.117. The zero-order valence-electron chi connectivity index (χ0n) is 7.86. The average Bonchev–Trinajstić information content (AvgIpc) is 2.25. The normalized spacial score (nSPS) is 26.0. The molecule has 1 atom stereocenters. The van der Waals surface area contributed by atoms with Crippen LogP contribution >= 0.6 is 0 Å². The Balaban J connectivity index is 2.53. The second-order valence-corrected chi connectivity index (χ2v) is 5.53. The first-order valence-corrected chi connectivity index (χ1v) is 6.33. The van der Waals surface area contributed by atoms with Gasteiger partial charge in [0.05, 0.1) is 11.9 Å². The number of hydrogen-bond acceptors (Lipinski definition) is 3. The van der Waals surface area contributed by atoms with Crippen molar-refractivity contribution in [3.63, 3.8) is 0 Å². The fourth-order valence-electron chi connectivity index (χ4n) is 1.49. The van der Waals surface area contributed by atoms with Gasteiger partial charge in [0.15, 0.2) is 9.84 Å². The van der Waals surface area contributed by atoms with Gasteiger partial charge >= 0.3 is 0 Å². The van der Waals surface area contributed by atoms with Crippen LogP contribution in [0.15, 0.2) is 11.0 Å². The Labute approximate surface area is 79.4 Å². The summed E-state index contributed by atoms with van der Waals surface area (Å²) in [5.41, 5.74) is 0. The van der Waals surface area contributed by atoms with E-state index in [4.69, 9.17) is 5.11 Å². The number of unbranched alkanes of at least 4 members (excludes halogenated alkanes) is 2. The third-order valence-electron chi connectivity index (χ3n) is 2.19. The van der Waals surface area contributed by atoms with Crippen LogP contribution in [0.5, 0.6) is 0 Å². The maximum Gasteiger partial charge on any atom is 0.177 e. The fraction of sp³-hybridized carbons (Fsp3) is 0.778. The van der Waals surface area contributed by atoms with Crippen LogP contribution in [-0.2, 0) is 9.84 Å². The summed E-state index contributed by atoms with van der Waals surface area (Å²) in [7, 11) is -3.11. The Morgan fingerprint density at radius 3 is 2.69 bits per heavy atom. The lowest BCUT2D eigenvalue weighted by Crippen LogP contribution is -2.10. The second kappa shape index (κ2) is 4.24. The van der Waals surface area contributed by atoms with Crippen LogP contribution in [0.4, 0.5) is 0 Å². The standard InChI is InChI=1S/C9H16O3S/c1-2-3-4-5-9-6-8(10)7-13(9,11)12/h6,8,10H,2-5,7H2,1H3. The predicted octanol–water partition coefficient (Wildman–Crippen LogP) is 1.24. The number of sulfone groups is 1. The van der Waals surface area contributed by atoms with E-state index in [1.54, 1.807) is 0 Å². The quantitative estimate of drug-likeness (QED) is 0.701. The molecule has 0 spiro atoms. The molecule has 0 bridgehead atoms. The molecule has 0 fully saturated rings. The molecule has 0 radical (unpaired) electrons. The minimum Gasteiger partial charge on any atom is -0.388 e. The van der Waals surface area contributed by atoms with Crippen LogP contribution in [0.3, 0.4) is 0 Å². The molecule has 76 valence electrons. The molecule has 0 saturated carbocycles. The van der Waals surface area contributed by atoms with E-state index in [0.717, 1.165) is 19.3 Å². The van der Waals surface area contributed by atoms with Gasteiger partial charge in [-0.2, -0.15) is 0 Å².